The van der Waals surface area contributed by atoms with Crippen molar-refractivity contribution in [3.05, 3.63) is 34.9 Å². The summed E-state index contributed by atoms with van der Waals surface area (Å²) in [7, 11) is 0. The van der Waals surface area contributed by atoms with Gasteiger partial charge in [-0.1, -0.05) is 42.7 Å². The Morgan fingerprint density at radius 2 is 1.82 bits per heavy atom. The number of nitrogens with zero attached hydrogens (tertiary/aromatic N) is 1. The molecule has 1 rings (SSSR count). The van der Waals surface area contributed by atoms with Gasteiger partial charge in [-0.2, -0.15) is 5.26 Å². The third kappa shape index (κ3) is 3.08. The number of aliphatic hydroxyl groups is 1. The van der Waals surface area contributed by atoms with Crippen molar-refractivity contribution < 1.29 is 5.11 Å². The molecule has 1 N–H and O–H groups in total. The summed E-state index contributed by atoms with van der Waals surface area (Å²) in [5.74, 6) is -0.353. The maximum absolute atomic E-state index is 10.6. The van der Waals surface area contributed by atoms with E-state index in [0.717, 1.165) is 29.5 Å². The first-order valence-electron chi connectivity index (χ1n) is 6.12. The molecule has 0 saturated carbocycles. The van der Waals surface area contributed by atoms with Crippen molar-refractivity contribution in [2.45, 2.75) is 46.1 Å². The molecule has 2 atom stereocenters. The third-order valence-corrected chi connectivity index (χ3v) is 3.22. The summed E-state index contributed by atoms with van der Waals surface area (Å²) >= 11 is 0. The smallest absolute Gasteiger partial charge is 0.103 e. The Bertz CT molecular complexity index is 409. The first-order chi connectivity index (χ1) is 7.91. The standard InChI is InChI=1S/C15H21NO/c1-5-6-13(10-16)15(4,17)14-8-11(2)7-12(3)9-14/h7-9,13,17H,5-6H2,1-4H3. The molecule has 17 heavy (non-hydrogen) atoms. The topological polar surface area (TPSA) is 44.0 Å². The van der Waals surface area contributed by atoms with Crippen molar-refractivity contribution in [1.82, 2.24) is 0 Å². The summed E-state index contributed by atoms with van der Waals surface area (Å²) in [5.41, 5.74) is 2.01. The Labute approximate surface area is 104 Å². The van der Waals surface area contributed by atoms with Crippen LogP contribution in [0.15, 0.2) is 18.2 Å². The van der Waals surface area contributed by atoms with Crippen LogP contribution in [0.1, 0.15) is 43.4 Å². The molecule has 1 aromatic rings. The Morgan fingerprint density at radius 1 is 1.29 bits per heavy atom. The molecule has 0 heterocycles. The molecule has 1 aromatic carbocycles. The van der Waals surface area contributed by atoms with Crippen LogP contribution in [0, 0.1) is 31.1 Å². The van der Waals surface area contributed by atoms with Gasteiger partial charge in [0.25, 0.3) is 0 Å². The molecule has 0 aliphatic rings. The number of hydrogen-bond acceptors (Lipinski definition) is 2. The van der Waals surface area contributed by atoms with E-state index in [1.165, 1.54) is 0 Å². The first kappa shape index (κ1) is 13.7. The highest BCUT2D eigenvalue weighted by Gasteiger charge is 2.33. The van der Waals surface area contributed by atoms with Gasteiger partial charge in [0.15, 0.2) is 0 Å². The van der Waals surface area contributed by atoms with E-state index >= 15 is 0 Å². The maximum Gasteiger partial charge on any atom is 0.103 e. The molecule has 92 valence electrons. The van der Waals surface area contributed by atoms with Gasteiger partial charge < -0.3 is 5.11 Å². The van der Waals surface area contributed by atoms with Gasteiger partial charge in [0.2, 0.25) is 0 Å². The lowest BCUT2D eigenvalue weighted by molar-refractivity contribution is 0.0130. The number of hydrogen-bond donors (Lipinski definition) is 1. The molecular formula is C15H21NO. The second kappa shape index (κ2) is 5.33. The van der Waals surface area contributed by atoms with Crippen molar-refractivity contribution in [3.8, 4) is 6.07 Å². The van der Waals surface area contributed by atoms with E-state index in [0.29, 0.717) is 0 Å². The van der Waals surface area contributed by atoms with Crippen molar-refractivity contribution in [1.29, 1.82) is 5.26 Å². The predicted molar refractivity (Wildman–Crippen MR) is 69.5 cm³/mol. The minimum absolute atomic E-state index is 0.353. The molecule has 0 radical (unpaired) electrons. The largest absolute Gasteiger partial charge is 0.384 e. The first-order valence-corrected chi connectivity index (χ1v) is 6.12. The quantitative estimate of drug-likeness (QED) is 0.862. The van der Waals surface area contributed by atoms with Gasteiger partial charge in [0.05, 0.1) is 12.0 Å². The highest BCUT2D eigenvalue weighted by molar-refractivity contribution is 5.33. The lowest BCUT2D eigenvalue weighted by atomic mass is 9.80. The van der Waals surface area contributed by atoms with Gasteiger partial charge in [-0.3, -0.25) is 0 Å². The molecule has 0 spiro atoms. The molecule has 0 aliphatic carbocycles. The van der Waals surface area contributed by atoms with Crippen LogP contribution in [-0.2, 0) is 5.60 Å². The van der Waals surface area contributed by atoms with Crippen LogP contribution in [0.25, 0.3) is 0 Å². The number of aryl methyl sites for hydroxylation is 2. The van der Waals surface area contributed by atoms with Crippen LogP contribution in [0.3, 0.4) is 0 Å². The Balaban J connectivity index is 3.15. The van der Waals surface area contributed by atoms with Gasteiger partial charge in [-0.05, 0) is 32.8 Å². The SMILES string of the molecule is CCCC(C#N)C(C)(O)c1cc(C)cc(C)c1. The van der Waals surface area contributed by atoms with E-state index in [1.807, 2.05) is 32.9 Å². The lowest BCUT2D eigenvalue weighted by Gasteiger charge is -2.29. The van der Waals surface area contributed by atoms with E-state index < -0.39 is 5.60 Å². The molecule has 0 saturated heterocycles. The van der Waals surface area contributed by atoms with Gasteiger partial charge in [0.1, 0.15) is 5.60 Å². The Kier molecular flexibility index (Phi) is 4.31. The highest BCUT2D eigenvalue weighted by atomic mass is 16.3. The summed E-state index contributed by atoms with van der Waals surface area (Å²) in [5, 5.41) is 19.8. The van der Waals surface area contributed by atoms with Gasteiger partial charge in [-0.25, -0.2) is 0 Å². The molecule has 0 fully saturated rings. The van der Waals surface area contributed by atoms with Gasteiger partial charge in [0, 0.05) is 0 Å². The fraction of sp³-hybridized carbons (Fsp3) is 0.533. The summed E-state index contributed by atoms with van der Waals surface area (Å²) in [4.78, 5) is 0. The van der Waals surface area contributed by atoms with E-state index in [1.54, 1.807) is 6.92 Å². The van der Waals surface area contributed by atoms with E-state index in [4.69, 9.17) is 0 Å². The fourth-order valence-corrected chi connectivity index (χ4v) is 2.23. The second-order valence-corrected chi connectivity index (χ2v) is 4.99. The highest BCUT2D eigenvalue weighted by Crippen LogP contribution is 2.33. The van der Waals surface area contributed by atoms with Crippen LogP contribution < -0.4 is 0 Å². The van der Waals surface area contributed by atoms with Crippen molar-refractivity contribution in [2.24, 2.45) is 5.92 Å². The summed E-state index contributed by atoms with van der Waals surface area (Å²) in [6.07, 6.45) is 1.62. The average molecular weight is 231 g/mol. The maximum atomic E-state index is 10.6. The third-order valence-electron chi connectivity index (χ3n) is 3.22. The lowest BCUT2D eigenvalue weighted by Crippen LogP contribution is -2.31. The minimum Gasteiger partial charge on any atom is -0.384 e. The molecule has 0 aliphatic heterocycles. The average Bonchev–Trinajstić information content (AvgIpc) is 2.24. The van der Waals surface area contributed by atoms with Gasteiger partial charge in [-0.15, -0.1) is 0 Å². The molecular weight excluding hydrogens is 210 g/mol. The minimum atomic E-state index is -1.07. The number of benzene rings is 1. The van der Waals surface area contributed by atoms with Crippen molar-refractivity contribution in [3.63, 3.8) is 0 Å². The van der Waals surface area contributed by atoms with Crippen LogP contribution in [0.4, 0.5) is 0 Å². The zero-order chi connectivity index (χ0) is 13.1. The summed E-state index contributed by atoms with van der Waals surface area (Å²) in [6.45, 7) is 7.79. The van der Waals surface area contributed by atoms with Crippen LogP contribution in [0.2, 0.25) is 0 Å². The summed E-state index contributed by atoms with van der Waals surface area (Å²) < 4.78 is 0. The predicted octanol–water partition coefficient (Wildman–Crippen LogP) is 3.45. The number of nitriles is 1. The van der Waals surface area contributed by atoms with E-state index in [2.05, 4.69) is 12.1 Å². The van der Waals surface area contributed by atoms with Crippen molar-refractivity contribution in [2.75, 3.05) is 0 Å². The number of rotatable bonds is 4. The molecule has 0 bridgehead atoms. The van der Waals surface area contributed by atoms with Crippen LogP contribution in [-0.4, -0.2) is 5.11 Å². The Morgan fingerprint density at radius 3 is 2.24 bits per heavy atom. The fourth-order valence-electron chi connectivity index (χ4n) is 2.23. The van der Waals surface area contributed by atoms with Crippen LogP contribution >= 0.6 is 0 Å². The molecule has 0 amide bonds. The van der Waals surface area contributed by atoms with Gasteiger partial charge >= 0.3 is 0 Å². The van der Waals surface area contributed by atoms with Crippen molar-refractivity contribution >= 4 is 0 Å². The normalized spacial score (nSPS) is 16.0. The zero-order valence-corrected chi connectivity index (χ0v) is 11.1. The molecule has 0 aromatic heterocycles. The summed E-state index contributed by atoms with van der Waals surface area (Å²) in [6, 6.07) is 8.23. The van der Waals surface area contributed by atoms with Crippen LogP contribution in [0.5, 0.6) is 0 Å². The Hall–Kier alpha value is -1.33. The zero-order valence-electron chi connectivity index (χ0n) is 11.1. The molecule has 2 heteroatoms. The van der Waals surface area contributed by atoms with E-state index in [-0.39, 0.29) is 5.92 Å². The second-order valence-electron chi connectivity index (χ2n) is 4.99. The molecule has 2 nitrogen and oxygen atoms in total. The molecule has 2 unspecified atom stereocenters. The van der Waals surface area contributed by atoms with E-state index in [9.17, 15) is 10.4 Å². The monoisotopic (exact) mass is 231 g/mol.